The Morgan fingerprint density at radius 2 is 1.64 bits per heavy atom. The van der Waals surface area contributed by atoms with Crippen LogP contribution in [0.3, 0.4) is 0 Å². The molecule has 0 radical (unpaired) electrons. The second-order valence-electron chi connectivity index (χ2n) is 7.12. The van der Waals surface area contributed by atoms with Crippen LogP contribution in [0.4, 0.5) is 5.95 Å². The predicted octanol–water partition coefficient (Wildman–Crippen LogP) is 3.98. The summed E-state index contributed by atoms with van der Waals surface area (Å²) < 4.78 is 0. The zero-order chi connectivity index (χ0) is 19.3. The van der Waals surface area contributed by atoms with E-state index in [1.807, 2.05) is 55.5 Å². The Bertz CT molecular complexity index is 948. The molecular formula is C23H24N4O. The van der Waals surface area contributed by atoms with Gasteiger partial charge in [-0.15, -0.1) is 0 Å². The van der Waals surface area contributed by atoms with Crippen LogP contribution in [0, 0.1) is 6.92 Å². The van der Waals surface area contributed by atoms with E-state index in [0.29, 0.717) is 12.1 Å². The smallest absolute Gasteiger partial charge is 0.251 e. The van der Waals surface area contributed by atoms with Crippen LogP contribution < -0.4 is 10.2 Å². The van der Waals surface area contributed by atoms with Crippen molar-refractivity contribution in [3.63, 3.8) is 0 Å². The molecule has 0 aliphatic carbocycles. The fraction of sp³-hybridized carbons (Fsp3) is 0.261. The van der Waals surface area contributed by atoms with E-state index < -0.39 is 0 Å². The number of nitrogens with one attached hydrogen (secondary N) is 1. The minimum atomic E-state index is -0.0985. The molecule has 28 heavy (non-hydrogen) atoms. The zero-order valence-electron chi connectivity index (χ0n) is 16.1. The summed E-state index contributed by atoms with van der Waals surface area (Å²) in [6, 6.07) is 19.7. The SMILES string of the molecule is Cc1cc(CNC(=O)c2ccc(-c3ccccc3)cc2)nc(N2CCCC2)n1. The van der Waals surface area contributed by atoms with Gasteiger partial charge in [0.25, 0.3) is 5.91 Å². The molecule has 2 heterocycles. The molecule has 0 atom stereocenters. The van der Waals surface area contributed by atoms with Gasteiger partial charge in [-0.1, -0.05) is 42.5 Å². The van der Waals surface area contributed by atoms with Crippen molar-refractivity contribution in [1.29, 1.82) is 0 Å². The molecule has 1 aromatic heterocycles. The van der Waals surface area contributed by atoms with Gasteiger partial charge >= 0.3 is 0 Å². The molecule has 142 valence electrons. The Labute approximate surface area is 165 Å². The number of rotatable bonds is 5. The van der Waals surface area contributed by atoms with E-state index >= 15 is 0 Å². The first-order valence-electron chi connectivity index (χ1n) is 9.72. The first-order valence-corrected chi connectivity index (χ1v) is 9.72. The highest BCUT2D eigenvalue weighted by Crippen LogP contribution is 2.19. The number of amides is 1. The molecule has 1 aliphatic heterocycles. The lowest BCUT2D eigenvalue weighted by atomic mass is 10.0. The molecule has 1 aliphatic rings. The number of benzene rings is 2. The van der Waals surface area contributed by atoms with Gasteiger partial charge in [-0.25, -0.2) is 9.97 Å². The Morgan fingerprint density at radius 1 is 0.964 bits per heavy atom. The Morgan fingerprint density at radius 3 is 2.36 bits per heavy atom. The molecule has 0 bridgehead atoms. The summed E-state index contributed by atoms with van der Waals surface area (Å²) in [5, 5.41) is 2.97. The third-order valence-corrected chi connectivity index (χ3v) is 4.97. The van der Waals surface area contributed by atoms with Gasteiger partial charge in [-0.05, 0) is 49.1 Å². The lowest BCUT2D eigenvalue weighted by Crippen LogP contribution is -2.25. The Kier molecular flexibility index (Phi) is 5.33. The summed E-state index contributed by atoms with van der Waals surface area (Å²) >= 11 is 0. The monoisotopic (exact) mass is 372 g/mol. The number of aryl methyl sites for hydroxylation is 1. The molecule has 1 amide bonds. The largest absolute Gasteiger partial charge is 0.346 e. The van der Waals surface area contributed by atoms with E-state index in [1.165, 1.54) is 12.8 Å². The minimum Gasteiger partial charge on any atom is -0.346 e. The van der Waals surface area contributed by atoms with Gasteiger partial charge < -0.3 is 10.2 Å². The van der Waals surface area contributed by atoms with Gasteiger partial charge in [0.05, 0.1) is 12.2 Å². The van der Waals surface area contributed by atoms with E-state index in [0.717, 1.165) is 41.6 Å². The standard InChI is InChI=1S/C23H24N4O/c1-17-15-21(26-23(25-17)27-13-5-6-14-27)16-24-22(28)20-11-9-19(10-12-20)18-7-3-2-4-8-18/h2-4,7-12,15H,5-6,13-14,16H2,1H3,(H,24,28). The highest BCUT2D eigenvalue weighted by atomic mass is 16.1. The van der Waals surface area contributed by atoms with Crippen molar-refractivity contribution in [3.05, 3.63) is 77.6 Å². The lowest BCUT2D eigenvalue weighted by molar-refractivity contribution is 0.0950. The Hall–Kier alpha value is -3.21. The topological polar surface area (TPSA) is 58.1 Å². The molecule has 5 heteroatoms. The molecule has 0 unspecified atom stereocenters. The van der Waals surface area contributed by atoms with Crippen LogP contribution in [0.25, 0.3) is 11.1 Å². The third-order valence-electron chi connectivity index (χ3n) is 4.97. The number of anilines is 1. The highest BCUT2D eigenvalue weighted by Gasteiger charge is 2.16. The summed E-state index contributed by atoms with van der Waals surface area (Å²) in [6.45, 7) is 4.37. The van der Waals surface area contributed by atoms with E-state index in [2.05, 4.69) is 32.3 Å². The zero-order valence-corrected chi connectivity index (χ0v) is 16.1. The highest BCUT2D eigenvalue weighted by molar-refractivity contribution is 5.94. The molecule has 5 nitrogen and oxygen atoms in total. The number of hydrogen-bond acceptors (Lipinski definition) is 4. The maximum atomic E-state index is 12.5. The van der Waals surface area contributed by atoms with Gasteiger partial charge in [-0.2, -0.15) is 0 Å². The van der Waals surface area contributed by atoms with Crippen molar-refractivity contribution in [2.45, 2.75) is 26.3 Å². The van der Waals surface area contributed by atoms with Crippen LogP contribution in [0.5, 0.6) is 0 Å². The van der Waals surface area contributed by atoms with Crippen molar-refractivity contribution >= 4 is 11.9 Å². The summed E-state index contributed by atoms with van der Waals surface area (Å²) in [4.78, 5) is 23.9. The maximum absolute atomic E-state index is 12.5. The molecule has 4 rings (SSSR count). The van der Waals surface area contributed by atoms with Crippen LogP contribution in [0.1, 0.15) is 34.6 Å². The Balaban J connectivity index is 1.41. The third kappa shape index (κ3) is 4.19. The van der Waals surface area contributed by atoms with Gasteiger partial charge in [0.1, 0.15) is 0 Å². The van der Waals surface area contributed by atoms with Crippen molar-refractivity contribution < 1.29 is 4.79 Å². The van der Waals surface area contributed by atoms with Crippen LogP contribution in [-0.4, -0.2) is 29.0 Å². The molecule has 1 fully saturated rings. The fourth-order valence-corrected chi connectivity index (χ4v) is 3.48. The normalized spacial score (nSPS) is 13.5. The second-order valence-corrected chi connectivity index (χ2v) is 7.12. The quantitative estimate of drug-likeness (QED) is 0.736. The van der Waals surface area contributed by atoms with Crippen molar-refractivity contribution in [3.8, 4) is 11.1 Å². The van der Waals surface area contributed by atoms with Crippen molar-refractivity contribution in [2.75, 3.05) is 18.0 Å². The van der Waals surface area contributed by atoms with Crippen LogP contribution in [-0.2, 0) is 6.54 Å². The number of aromatic nitrogens is 2. The van der Waals surface area contributed by atoms with Crippen LogP contribution >= 0.6 is 0 Å². The summed E-state index contributed by atoms with van der Waals surface area (Å²) in [5.74, 6) is 0.674. The fourth-order valence-electron chi connectivity index (χ4n) is 3.48. The summed E-state index contributed by atoms with van der Waals surface area (Å²) in [7, 11) is 0. The molecule has 1 saturated heterocycles. The first kappa shape index (κ1) is 18.2. The second kappa shape index (κ2) is 8.21. The van der Waals surface area contributed by atoms with Gasteiger partial charge in [0.2, 0.25) is 5.95 Å². The number of hydrogen-bond donors (Lipinski definition) is 1. The molecule has 0 saturated carbocycles. The van der Waals surface area contributed by atoms with Gasteiger partial charge in [-0.3, -0.25) is 4.79 Å². The maximum Gasteiger partial charge on any atom is 0.251 e. The van der Waals surface area contributed by atoms with Gasteiger partial charge in [0, 0.05) is 24.3 Å². The molecule has 2 aromatic carbocycles. The lowest BCUT2D eigenvalue weighted by Gasteiger charge is -2.16. The van der Waals surface area contributed by atoms with Crippen LogP contribution in [0.2, 0.25) is 0 Å². The number of carbonyl (C=O) groups excluding carboxylic acids is 1. The van der Waals surface area contributed by atoms with Gasteiger partial charge in [0.15, 0.2) is 0 Å². The summed E-state index contributed by atoms with van der Waals surface area (Å²) in [6.07, 6.45) is 2.37. The minimum absolute atomic E-state index is 0.0985. The van der Waals surface area contributed by atoms with E-state index in [9.17, 15) is 4.79 Å². The van der Waals surface area contributed by atoms with E-state index in [-0.39, 0.29) is 5.91 Å². The molecule has 1 N–H and O–H groups in total. The van der Waals surface area contributed by atoms with Crippen LogP contribution in [0.15, 0.2) is 60.7 Å². The average molecular weight is 372 g/mol. The number of nitrogens with zero attached hydrogens (tertiary/aromatic N) is 3. The van der Waals surface area contributed by atoms with Crippen molar-refractivity contribution in [1.82, 2.24) is 15.3 Å². The van der Waals surface area contributed by atoms with E-state index in [4.69, 9.17) is 0 Å². The predicted molar refractivity (Wildman–Crippen MR) is 111 cm³/mol. The molecular weight excluding hydrogens is 348 g/mol. The number of carbonyl (C=O) groups is 1. The molecule has 3 aromatic rings. The summed E-state index contributed by atoms with van der Waals surface area (Å²) in [5.41, 5.74) is 4.64. The average Bonchev–Trinajstić information content (AvgIpc) is 3.27. The van der Waals surface area contributed by atoms with E-state index in [1.54, 1.807) is 0 Å². The first-order chi connectivity index (χ1) is 13.7. The molecule has 0 spiro atoms. The van der Waals surface area contributed by atoms with Crippen molar-refractivity contribution in [2.24, 2.45) is 0 Å².